The summed E-state index contributed by atoms with van der Waals surface area (Å²) in [5, 5.41) is 9.22. The van der Waals surface area contributed by atoms with Crippen molar-refractivity contribution in [1.29, 1.82) is 0 Å². The first-order valence-electron chi connectivity index (χ1n) is 3.85. The molecule has 0 heterocycles. The highest BCUT2D eigenvalue weighted by molar-refractivity contribution is 6.02. The predicted molar refractivity (Wildman–Crippen MR) is 47.5 cm³/mol. The number of rotatable bonds is 2. The number of halogens is 2. The number of benzene rings is 1. The second-order valence-electron chi connectivity index (χ2n) is 2.82. The van der Waals surface area contributed by atoms with Crippen molar-refractivity contribution in [3.05, 3.63) is 23.3 Å². The van der Waals surface area contributed by atoms with Gasteiger partial charge in [-0.3, -0.25) is 4.79 Å². The molecule has 1 aromatic rings. The normalized spacial score (nSPS) is 10.6. The average molecular weight is 201 g/mol. The minimum absolute atomic E-state index is 0.247. The van der Waals surface area contributed by atoms with Crippen molar-refractivity contribution in [3.8, 4) is 5.75 Å². The van der Waals surface area contributed by atoms with E-state index in [4.69, 9.17) is 5.73 Å². The summed E-state index contributed by atoms with van der Waals surface area (Å²) in [4.78, 5) is 11.0. The fourth-order valence-electron chi connectivity index (χ4n) is 1.18. The molecule has 0 spiro atoms. The van der Waals surface area contributed by atoms with E-state index in [0.717, 1.165) is 19.1 Å². The predicted octanol–water partition coefficient (Wildman–Crippen LogP) is 2.11. The van der Waals surface area contributed by atoms with Crippen LogP contribution in [0.2, 0.25) is 0 Å². The first-order chi connectivity index (χ1) is 6.45. The number of Topliss-reactive ketones (excluding diaryl/α,β-unsaturated/α-hetero) is 1. The van der Waals surface area contributed by atoms with Crippen molar-refractivity contribution >= 4 is 11.5 Å². The Morgan fingerprint density at radius 3 is 2.50 bits per heavy atom. The second-order valence-corrected chi connectivity index (χ2v) is 2.82. The highest BCUT2D eigenvalue weighted by atomic mass is 19.3. The highest BCUT2D eigenvalue weighted by Gasteiger charge is 2.19. The van der Waals surface area contributed by atoms with Gasteiger partial charge in [0, 0.05) is 5.56 Å². The van der Waals surface area contributed by atoms with E-state index < -0.39 is 17.8 Å². The van der Waals surface area contributed by atoms with Gasteiger partial charge in [0.2, 0.25) is 0 Å². The number of hydrogen-bond donors (Lipinski definition) is 2. The van der Waals surface area contributed by atoms with E-state index >= 15 is 0 Å². The molecule has 1 aromatic carbocycles. The third-order valence-corrected chi connectivity index (χ3v) is 1.84. The summed E-state index contributed by atoms with van der Waals surface area (Å²) in [5.41, 5.74) is 4.29. The van der Waals surface area contributed by atoms with Crippen LogP contribution in [0, 0.1) is 0 Å². The molecule has 0 aromatic heterocycles. The van der Waals surface area contributed by atoms with Crippen molar-refractivity contribution in [2.45, 2.75) is 13.3 Å². The van der Waals surface area contributed by atoms with E-state index in [-0.39, 0.29) is 17.0 Å². The molecule has 0 unspecified atom stereocenters. The zero-order chi connectivity index (χ0) is 10.9. The van der Waals surface area contributed by atoms with Crippen LogP contribution in [0.4, 0.5) is 14.5 Å². The number of carbonyl (C=O) groups is 1. The molecule has 0 bridgehead atoms. The van der Waals surface area contributed by atoms with Gasteiger partial charge in [0.1, 0.15) is 5.75 Å². The average Bonchev–Trinajstić information content (AvgIpc) is 2.02. The summed E-state index contributed by atoms with van der Waals surface area (Å²) in [6.45, 7) is 1.15. The van der Waals surface area contributed by atoms with Crippen LogP contribution in [0.3, 0.4) is 0 Å². The number of phenolic OH excluding ortho intramolecular Hbond substituents is 1. The molecule has 3 N–H and O–H groups in total. The fraction of sp³-hybridized carbons (Fsp3) is 0.222. The Kier molecular flexibility index (Phi) is 2.69. The van der Waals surface area contributed by atoms with Gasteiger partial charge >= 0.3 is 0 Å². The minimum Gasteiger partial charge on any atom is -0.507 e. The summed E-state index contributed by atoms with van der Waals surface area (Å²) in [5.74, 6) is -0.915. The number of ketones is 1. The largest absolute Gasteiger partial charge is 0.507 e. The SMILES string of the molecule is CC(=O)c1c(O)ccc(C(F)F)c1N. The Morgan fingerprint density at radius 1 is 1.50 bits per heavy atom. The van der Waals surface area contributed by atoms with E-state index in [9.17, 15) is 18.7 Å². The number of aromatic hydroxyl groups is 1. The molecule has 1 rings (SSSR count). The Labute approximate surface area is 79.2 Å². The minimum atomic E-state index is -2.76. The lowest BCUT2D eigenvalue weighted by Crippen LogP contribution is -2.04. The quantitative estimate of drug-likeness (QED) is 0.569. The molecule has 0 aliphatic rings. The van der Waals surface area contributed by atoms with Gasteiger partial charge in [-0.1, -0.05) is 0 Å². The summed E-state index contributed by atoms with van der Waals surface area (Å²) in [7, 11) is 0. The zero-order valence-corrected chi connectivity index (χ0v) is 7.42. The lowest BCUT2D eigenvalue weighted by Gasteiger charge is -2.09. The molecule has 0 saturated carbocycles. The summed E-state index contributed by atoms with van der Waals surface area (Å²) >= 11 is 0. The third-order valence-electron chi connectivity index (χ3n) is 1.84. The molecule has 5 heteroatoms. The van der Waals surface area contributed by atoms with Gasteiger partial charge in [-0.05, 0) is 19.1 Å². The fourth-order valence-corrected chi connectivity index (χ4v) is 1.18. The molecule has 0 amide bonds. The van der Waals surface area contributed by atoms with Crippen molar-refractivity contribution in [2.75, 3.05) is 5.73 Å². The Hall–Kier alpha value is -1.65. The van der Waals surface area contributed by atoms with Gasteiger partial charge < -0.3 is 10.8 Å². The van der Waals surface area contributed by atoms with Crippen molar-refractivity contribution < 1.29 is 18.7 Å². The standard InChI is InChI=1S/C9H9F2NO2/c1-4(13)7-6(14)3-2-5(8(7)12)9(10)11/h2-3,9,14H,12H2,1H3. The molecule has 0 aliphatic heterocycles. The van der Waals surface area contributed by atoms with E-state index in [1.165, 1.54) is 0 Å². The van der Waals surface area contributed by atoms with Crippen LogP contribution in [0.25, 0.3) is 0 Å². The molecule has 3 nitrogen and oxygen atoms in total. The number of nitrogens with two attached hydrogens (primary N) is 1. The number of phenols is 1. The first-order valence-corrected chi connectivity index (χ1v) is 3.85. The molecule has 0 saturated heterocycles. The van der Waals surface area contributed by atoms with Gasteiger partial charge in [0.15, 0.2) is 5.78 Å². The first kappa shape index (κ1) is 10.4. The van der Waals surface area contributed by atoms with E-state index in [1.807, 2.05) is 0 Å². The van der Waals surface area contributed by atoms with Crippen LogP contribution >= 0.6 is 0 Å². The number of carbonyl (C=O) groups excluding carboxylic acids is 1. The van der Waals surface area contributed by atoms with Gasteiger partial charge in [0.05, 0.1) is 11.3 Å². The smallest absolute Gasteiger partial charge is 0.265 e. The second kappa shape index (κ2) is 3.61. The zero-order valence-electron chi connectivity index (χ0n) is 7.42. The van der Waals surface area contributed by atoms with E-state index in [1.54, 1.807) is 0 Å². The number of nitrogen functional groups attached to an aromatic ring is 1. The topological polar surface area (TPSA) is 63.3 Å². The lowest BCUT2D eigenvalue weighted by atomic mass is 10.0. The lowest BCUT2D eigenvalue weighted by molar-refractivity contribution is 0.101. The molecule has 0 radical (unpaired) electrons. The van der Waals surface area contributed by atoms with Crippen molar-refractivity contribution in [2.24, 2.45) is 0 Å². The van der Waals surface area contributed by atoms with Gasteiger partial charge in [-0.25, -0.2) is 8.78 Å². The van der Waals surface area contributed by atoms with Crippen LogP contribution in [-0.2, 0) is 0 Å². The highest BCUT2D eigenvalue weighted by Crippen LogP contribution is 2.32. The Balaban J connectivity index is 3.41. The third kappa shape index (κ3) is 1.66. The van der Waals surface area contributed by atoms with Crippen LogP contribution in [0.1, 0.15) is 29.3 Å². The van der Waals surface area contributed by atoms with Crippen LogP contribution in [-0.4, -0.2) is 10.9 Å². The van der Waals surface area contributed by atoms with Crippen LogP contribution in [0.15, 0.2) is 12.1 Å². The maximum atomic E-state index is 12.3. The monoisotopic (exact) mass is 201 g/mol. The number of hydrogen-bond acceptors (Lipinski definition) is 3. The van der Waals surface area contributed by atoms with Crippen molar-refractivity contribution in [3.63, 3.8) is 0 Å². The summed E-state index contributed by atoms with van der Waals surface area (Å²) in [6, 6.07) is 2.04. The summed E-state index contributed by atoms with van der Waals surface area (Å²) in [6.07, 6.45) is -2.76. The molecular weight excluding hydrogens is 192 g/mol. The molecule has 0 fully saturated rings. The number of alkyl halides is 2. The molecule has 76 valence electrons. The molecule has 0 aliphatic carbocycles. The number of anilines is 1. The van der Waals surface area contributed by atoms with Gasteiger partial charge in [-0.15, -0.1) is 0 Å². The van der Waals surface area contributed by atoms with Crippen molar-refractivity contribution in [1.82, 2.24) is 0 Å². The van der Waals surface area contributed by atoms with Crippen LogP contribution < -0.4 is 5.73 Å². The Morgan fingerprint density at radius 2 is 2.07 bits per heavy atom. The maximum Gasteiger partial charge on any atom is 0.265 e. The molecular formula is C9H9F2NO2. The van der Waals surface area contributed by atoms with Gasteiger partial charge in [-0.2, -0.15) is 0 Å². The maximum absolute atomic E-state index is 12.3. The summed E-state index contributed by atoms with van der Waals surface area (Å²) < 4.78 is 24.7. The van der Waals surface area contributed by atoms with E-state index in [2.05, 4.69) is 0 Å². The van der Waals surface area contributed by atoms with E-state index in [0.29, 0.717) is 0 Å². The molecule has 0 atom stereocenters. The Bertz CT molecular complexity index is 377. The van der Waals surface area contributed by atoms with Gasteiger partial charge in [0.25, 0.3) is 6.43 Å². The van der Waals surface area contributed by atoms with Crippen LogP contribution in [0.5, 0.6) is 5.75 Å². The molecule has 14 heavy (non-hydrogen) atoms.